The van der Waals surface area contributed by atoms with Gasteiger partial charge < -0.3 is 10.1 Å². The molecular formula is C21H21F2N3OS. The van der Waals surface area contributed by atoms with Crippen LogP contribution >= 0.6 is 11.3 Å². The maximum absolute atomic E-state index is 14.9. The first-order valence-electron chi connectivity index (χ1n) is 9.61. The second-order valence-electron chi connectivity index (χ2n) is 7.40. The third kappa shape index (κ3) is 2.84. The van der Waals surface area contributed by atoms with Crippen LogP contribution in [0.15, 0.2) is 42.0 Å². The molecule has 1 unspecified atom stereocenters. The monoisotopic (exact) mass is 401 g/mol. The molecule has 2 heterocycles. The number of allylic oxidation sites excluding steroid dienone is 2. The summed E-state index contributed by atoms with van der Waals surface area (Å²) < 4.78 is 38.0. The fourth-order valence-corrected chi connectivity index (χ4v) is 5.22. The Balaban J connectivity index is 1.71. The maximum atomic E-state index is 14.9. The molecule has 2 aromatic heterocycles. The molecule has 28 heavy (non-hydrogen) atoms. The van der Waals surface area contributed by atoms with E-state index in [4.69, 9.17) is 4.74 Å². The third-order valence-electron chi connectivity index (χ3n) is 5.61. The number of thiazole rings is 1. The molecule has 7 heteroatoms. The number of imidazole rings is 1. The molecule has 2 aliphatic rings. The van der Waals surface area contributed by atoms with Crippen molar-refractivity contribution in [3.8, 4) is 0 Å². The van der Waals surface area contributed by atoms with E-state index < -0.39 is 17.8 Å². The van der Waals surface area contributed by atoms with Gasteiger partial charge in [0.15, 0.2) is 4.96 Å². The highest BCUT2D eigenvalue weighted by atomic mass is 32.1. The number of ether oxygens (including phenoxy) is 1. The Morgan fingerprint density at radius 3 is 2.75 bits per heavy atom. The number of halogens is 2. The predicted molar refractivity (Wildman–Crippen MR) is 109 cm³/mol. The van der Waals surface area contributed by atoms with Gasteiger partial charge in [0.2, 0.25) is 0 Å². The molecule has 0 amide bonds. The minimum atomic E-state index is -0.611. The quantitative estimate of drug-likeness (QED) is 0.595. The van der Waals surface area contributed by atoms with Crippen LogP contribution in [0.2, 0.25) is 0 Å². The second kappa shape index (κ2) is 6.97. The minimum Gasteiger partial charge on any atom is -0.377 e. The number of aromatic nitrogens is 2. The number of benzene rings is 1. The molecular weight excluding hydrogens is 380 g/mol. The van der Waals surface area contributed by atoms with E-state index in [0.717, 1.165) is 28.0 Å². The Hall–Kier alpha value is -2.25. The number of nitrogens with zero attached hydrogens (tertiary/aromatic N) is 2. The Kier molecular flexibility index (Phi) is 4.44. The number of rotatable bonds is 4. The van der Waals surface area contributed by atoms with Crippen molar-refractivity contribution < 1.29 is 13.5 Å². The van der Waals surface area contributed by atoms with Crippen LogP contribution in [0.1, 0.15) is 37.8 Å². The molecule has 1 aromatic carbocycles. The van der Waals surface area contributed by atoms with Crippen molar-refractivity contribution in [3.63, 3.8) is 0 Å². The van der Waals surface area contributed by atoms with Crippen molar-refractivity contribution in [1.29, 1.82) is 0 Å². The molecule has 0 saturated heterocycles. The second-order valence-corrected chi connectivity index (χ2v) is 8.40. The van der Waals surface area contributed by atoms with Gasteiger partial charge in [-0.1, -0.05) is 36.3 Å². The summed E-state index contributed by atoms with van der Waals surface area (Å²) in [5.74, 6) is -0.444. The fraction of sp³-hybridized carbons (Fsp3) is 0.381. The van der Waals surface area contributed by atoms with E-state index in [-0.39, 0.29) is 12.0 Å². The zero-order valence-electron chi connectivity index (χ0n) is 15.5. The van der Waals surface area contributed by atoms with Crippen LogP contribution in [0.25, 0.3) is 20.8 Å². The molecule has 0 spiro atoms. The van der Waals surface area contributed by atoms with E-state index in [9.17, 15) is 8.78 Å². The lowest BCUT2D eigenvalue weighted by Crippen LogP contribution is -2.18. The Bertz CT molecular complexity index is 1110. The predicted octanol–water partition coefficient (Wildman–Crippen LogP) is 5.86. The molecule has 1 N–H and O–H groups in total. The highest BCUT2D eigenvalue weighted by Crippen LogP contribution is 2.42. The summed E-state index contributed by atoms with van der Waals surface area (Å²) in [5, 5.41) is 3.56. The average Bonchev–Trinajstić information content (AvgIpc) is 3.38. The van der Waals surface area contributed by atoms with Gasteiger partial charge in [-0.25, -0.2) is 13.8 Å². The van der Waals surface area contributed by atoms with Gasteiger partial charge in [0.1, 0.15) is 23.2 Å². The Morgan fingerprint density at radius 2 is 2.00 bits per heavy atom. The van der Waals surface area contributed by atoms with E-state index in [2.05, 4.69) is 10.3 Å². The van der Waals surface area contributed by atoms with Gasteiger partial charge in [-0.3, -0.25) is 4.40 Å². The summed E-state index contributed by atoms with van der Waals surface area (Å²) >= 11 is 1.53. The Morgan fingerprint density at radius 1 is 1.21 bits per heavy atom. The fourth-order valence-electron chi connectivity index (χ4n) is 4.20. The average molecular weight is 401 g/mol. The first-order chi connectivity index (χ1) is 13.7. The zero-order chi connectivity index (χ0) is 19.3. The van der Waals surface area contributed by atoms with Crippen LogP contribution in [0.4, 0.5) is 14.6 Å². The highest BCUT2D eigenvalue weighted by molar-refractivity contribution is 7.23. The van der Waals surface area contributed by atoms with E-state index in [1.165, 1.54) is 37.4 Å². The van der Waals surface area contributed by atoms with Crippen LogP contribution in [-0.2, 0) is 4.74 Å². The van der Waals surface area contributed by atoms with Gasteiger partial charge in [-0.2, -0.15) is 0 Å². The van der Waals surface area contributed by atoms with Gasteiger partial charge in [0, 0.05) is 19.6 Å². The summed E-state index contributed by atoms with van der Waals surface area (Å²) in [6.45, 7) is 0. The smallest absolute Gasteiger partial charge is 0.197 e. The summed E-state index contributed by atoms with van der Waals surface area (Å²) in [6.07, 6.45) is 5.22. The zero-order valence-corrected chi connectivity index (χ0v) is 16.4. The summed E-state index contributed by atoms with van der Waals surface area (Å²) in [7, 11) is 1.46. The van der Waals surface area contributed by atoms with E-state index >= 15 is 0 Å². The SMILES string of the molecule is COC1C=C(F)C(c2nc3sc4ccccc4n3c2NC2CCCC2)=C(F)C1. The van der Waals surface area contributed by atoms with Gasteiger partial charge >= 0.3 is 0 Å². The van der Waals surface area contributed by atoms with Gasteiger partial charge in [-0.15, -0.1) is 0 Å². The lowest BCUT2D eigenvalue weighted by molar-refractivity contribution is 0.133. The van der Waals surface area contributed by atoms with Crippen molar-refractivity contribution in [3.05, 3.63) is 47.7 Å². The standard InChI is InChI=1S/C21H21F2N3OS/c1-27-13-10-14(22)18(15(23)11-13)19-20(24-12-6-2-3-7-12)26-16-8-4-5-9-17(16)28-21(26)25-19/h4-5,8-10,12-13,24H,2-3,6-7,11H2,1H3. The van der Waals surface area contributed by atoms with Crippen LogP contribution in [0, 0.1) is 0 Å². The number of nitrogens with one attached hydrogen (secondary N) is 1. The molecule has 146 valence electrons. The lowest BCUT2D eigenvalue weighted by Gasteiger charge is -2.20. The van der Waals surface area contributed by atoms with Crippen molar-refractivity contribution in [2.45, 2.75) is 44.2 Å². The van der Waals surface area contributed by atoms with Crippen molar-refractivity contribution in [1.82, 2.24) is 9.38 Å². The molecule has 4 nitrogen and oxygen atoms in total. The number of para-hydroxylation sites is 1. The molecule has 2 aliphatic carbocycles. The first kappa shape index (κ1) is 17.8. The molecule has 1 fully saturated rings. The van der Waals surface area contributed by atoms with Crippen LogP contribution in [-0.4, -0.2) is 28.6 Å². The molecule has 1 atom stereocenters. The van der Waals surface area contributed by atoms with Crippen LogP contribution < -0.4 is 5.32 Å². The Labute approximate surface area is 165 Å². The first-order valence-corrected chi connectivity index (χ1v) is 10.4. The van der Waals surface area contributed by atoms with E-state index in [1.54, 1.807) is 0 Å². The van der Waals surface area contributed by atoms with E-state index in [0.29, 0.717) is 17.6 Å². The molecule has 0 radical (unpaired) electrons. The van der Waals surface area contributed by atoms with Crippen LogP contribution in [0.5, 0.6) is 0 Å². The normalized spacial score (nSPS) is 21.1. The van der Waals surface area contributed by atoms with Crippen molar-refractivity contribution >= 4 is 37.9 Å². The van der Waals surface area contributed by atoms with Gasteiger partial charge in [0.05, 0.1) is 21.9 Å². The number of hydrogen-bond acceptors (Lipinski definition) is 4. The molecule has 1 saturated carbocycles. The lowest BCUT2D eigenvalue weighted by atomic mass is 9.99. The third-order valence-corrected chi connectivity index (χ3v) is 6.63. The largest absolute Gasteiger partial charge is 0.377 e. The number of anilines is 1. The maximum Gasteiger partial charge on any atom is 0.197 e. The topological polar surface area (TPSA) is 38.6 Å². The highest BCUT2D eigenvalue weighted by Gasteiger charge is 2.30. The number of fused-ring (bicyclic) bond motifs is 3. The summed E-state index contributed by atoms with van der Waals surface area (Å²) in [6, 6.07) is 8.31. The van der Waals surface area contributed by atoms with E-state index in [1.807, 2.05) is 28.7 Å². The summed E-state index contributed by atoms with van der Waals surface area (Å²) in [4.78, 5) is 5.40. The molecule has 0 bridgehead atoms. The van der Waals surface area contributed by atoms with Crippen molar-refractivity contribution in [2.75, 3.05) is 12.4 Å². The number of methoxy groups -OCH3 is 1. The van der Waals surface area contributed by atoms with Gasteiger partial charge in [-0.05, 0) is 31.1 Å². The molecule has 0 aliphatic heterocycles. The van der Waals surface area contributed by atoms with Gasteiger partial charge in [0.25, 0.3) is 0 Å². The summed E-state index contributed by atoms with van der Waals surface area (Å²) in [5.41, 5.74) is 1.30. The molecule has 3 aromatic rings. The number of hydrogen-bond donors (Lipinski definition) is 1. The van der Waals surface area contributed by atoms with Crippen molar-refractivity contribution in [2.24, 2.45) is 0 Å². The minimum absolute atomic E-state index is 0.0219. The van der Waals surface area contributed by atoms with Crippen LogP contribution in [0.3, 0.4) is 0 Å². The molecule has 5 rings (SSSR count).